The number of hydrogen-bond donors (Lipinski definition) is 1. The average molecular weight is 450 g/mol. The predicted molar refractivity (Wildman–Crippen MR) is 124 cm³/mol. The molecular weight excluding hydrogens is 426 g/mol. The van der Waals surface area contributed by atoms with E-state index in [1.807, 2.05) is 51.1 Å². The van der Waals surface area contributed by atoms with Crippen molar-refractivity contribution in [3.63, 3.8) is 0 Å². The van der Waals surface area contributed by atoms with Gasteiger partial charge < -0.3 is 15.0 Å². The molecular formula is C22H23N7O2S. The summed E-state index contributed by atoms with van der Waals surface area (Å²) >= 11 is 1.45. The molecule has 0 radical (unpaired) electrons. The molecule has 0 aliphatic carbocycles. The number of carbonyl (C=O) groups is 1. The fourth-order valence-corrected chi connectivity index (χ4v) is 4.64. The van der Waals surface area contributed by atoms with Gasteiger partial charge in [0.2, 0.25) is 5.91 Å². The lowest BCUT2D eigenvalue weighted by Crippen LogP contribution is -2.52. The molecule has 0 unspecified atom stereocenters. The van der Waals surface area contributed by atoms with E-state index in [2.05, 4.69) is 30.3 Å². The zero-order valence-electron chi connectivity index (χ0n) is 18.1. The van der Waals surface area contributed by atoms with Crippen LogP contribution in [-0.2, 0) is 4.79 Å². The SMILES string of the molecule is CCOc1ccc2nc(NC(=O)C3CN(c4cc(-n5nc(C)cc5C)ncn4)C3)sc2c1. The Hall–Kier alpha value is -3.53. The molecule has 0 atom stereocenters. The molecule has 10 heteroatoms. The van der Waals surface area contributed by atoms with Gasteiger partial charge in [0.1, 0.15) is 17.9 Å². The van der Waals surface area contributed by atoms with Crippen LogP contribution >= 0.6 is 11.3 Å². The van der Waals surface area contributed by atoms with Crippen LogP contribution < -0.4 is 15.0 Å². The number of hydrogen-bond acceptors (Lipinski definition) is 8. The number of nitrogens with one attached hydrogen (secondary N) is 1. The monoisotopic (exact) mass is 449 g/mol. The predicted octanol–water partition coefficient (Wildman–Crippen LogP) is 3.36. The third-order valence-electron chi connectivity index (χ3n) is 5.34. The first-order valence-electron chi connectivity index (χ1n) is 10.4. The topological polar surface area (TPSA) is 98.1 Å². The van der Waals surface area contributed by atoms with Gasteiger partial charge in [-0.05, 0) is 45.0 Å². The van der Waals surface area contributed by atoms with Crippen molar-refractivity contribution in [1.82, 2.24) is 24.7 Å². The molecule has 4 aromatic rings. The van der Waals surface area contributed by atoms with Gasteiger partial charge in [0, 0.05) is 24.8 Å². The van der Waals surface area contributed by atoms with Gasteiger partial charge in [0.05, 0.1) is 28.4 Å². The van der Waals surface area contributed by atoms with Crippen molar-refractivity contribution in [3.8, 4) is 11.6 Å². The largest absolute Gasteiger partial charge is 0.494 e. The third-order valence-corrected chi connectivity index (χ3v) is 6.28. The molecule has 1 aliphatic rings. The summed E-state index contributed by atoms with van der Waals surface area (Å²) in [6.07, 6.45) is 1.53. The zero-order chi connectivity index (χ0) is 22.2. The first-order chi connectivity index (χ1) is 15.5. The normalized spacial score (nSPS) is 13.9. The number of ether oxygens (including phenoxy) is 1. The molecule has 1 saturated heterocycles. The highest BCUT2D eigenvalue weighted by Crippen LogP contribution is 2.31. The van der Waals surface area contributed by atoms with E-state index in [0.717, 1.165) is 39.0 Å². The van der Waals surface area contributed by atoms with Crippen LogP contribution in [0.25, 0.3) is 16.0 Å². The van der Waals surface area contributed by atoms with Crippen LogP contribution in [0.3, 0.4) is 0 Å². The van der Waals surface area contributed by atoms with E-state index in [4.69, 9.17) is 4.74 Å². The van der Waals surface area contributed by atoms with Crippen molar-refractivity contribution >= 4 is 38.4 Å². The van der Waals surface area contributed by atoms with Gasteiger partial charge >= 0.3 is 0 Å². The van der Waals surface area contributed by atoms with Gasteiger partial charge in [0.15, 0.2) is 10.9 Å². The van der Waals surface area contributed by atoms with Crippen molar-refractivity contribution in [2.24, 2.45) is 5.92 Å². The summed E-state index contributed by atoms with van der Waals surface area (Å²) in [7, 11) is 0. The molecule has 3 aromatic heterocycles. The van der Waals surface area contributed by atoms with Gasteiger partial charge in [-0.2, -0.15) is 5.10 Å². The highest BCUT2D eigenvalue weighted by molar-refractivity contribution is 7.22. The molecule has 0 spiro atoms. The maximum absolute atomic E-state index is 12.7. The minimum absolute atomic E-state index is 0.0295. The number of nitrogens with zero attached hydrogens (tertiary/aromatic N) is 6. The van der Waals surface area contributed by atoms with Gasteiger partial charge in [0.25, 0.3) is 0 Å². The summed E-state index contributed by atoms with van der Waals surface area (Å²) in [6.45, 7) is 7.70. The van der Waals surface area contributed by atoms with E-state index in [1.54, 1.807) is 4.68 Å². The molecule has 1 fully saturated rings. The van der Waals surface area contributed by atoms with Crippen molar-refractivity contribution in [2.45, 2.75) is 20.8 Å². The fraction of sp³-hybridized carbons (Fsp3) is 0.318. The van der Waals surface area contributed by atoms with Gasteiger partial charge in [-0.3, -0.25) is 4.79 Å². The fourth-order valence-electron chi connectivity index (χ4n) is 3.74. The van der Waals surface area contributed by atoms with Crippen LogP contribution in [0.5, 0.6) is 5.75 Å². The second-order valence-electron chi connectivity index (χ2n) is 7.75. The summed E-state index contributed by atoms with van der Waals surface area (Å²) in [4.78, 5) is 28.0. The first-order valence-corrected chi connectivity index (χ1v) is 11.3. The van der Waals surface area contributed by atoms with Crippen molar-refractivity contribution in [1.29, 1.82) is 0 Å². The Labute approximate surface area is 189 Å². The molecule has 1 amide bonds. The maximum atomic E-state index is 12.7. The number of fused-ring (bicyclic) bond motifs is 1. The van der Waals surface area contributed by atoms with Crippen LogP contribution in [-0.4, -0.2) is 50.3 Å². The minimum atomic E-state index is -0.118. The first kappa shape index (κ1) is 20.4. The lowest BCUT2D eigenvalue weighted by Gasteiger charge is -2.38. The Morgan fingerprint density at radius 3 is 2.75 bits per heavy atom. The average Bonchev–Trinajstić information content (AvgIpc) is 3.28. The number of aromatic nitrogens is 5. The Balaban J connectivity index is 1.23. The second-order valence-corrected chi connectivity index (χ2v) is 8.78. The van der Waals surface area contributed by atoms with Crippen LogP contribution in [0.4, 0.5) is 10.9 Å². The van der Waals surface area contributed by atoms with E-state index in [1.165, 1.54) is 17.7 Å². The number of rotatable bonds is 6. The number of aryl methyl sites for hydroxylation is 2. The summed E-state index contributed by atoms with van der Waals surface area (Å²) in [6, 6.07) is 9.66. The van der Waals surface area contributed by atoms with Crippen molar-refractivity contribution in [3.05, 3.63) is 48.0 Å². The molecule has 4 heterocycles. The van der Waals surface area contributed by atoms with Gasteiger partial charge in [-0.1, -0.05) is 11.3 Å². The number of anilines is 2. The Morgan fingerprint density at radius 2 is 2.00 bits per heavy atom. The summed E-state index contributed by atoms with van der Waals surface area (Å²) < 4.78 is 8.32. The third kappa shape index (κ3) is 3.89. The number of benzene rings is 1. The van der Waals surface area contributed by atoms with E-state index < -0.39 is 0 Å². The lowest BCUT2D eigenvalue weighted by atomic mass is 9.99. The van der Waals surface area contributed by atoms with Crippen LogP contribution in [0.15, 0.2) is 36.7 Å². The van der Waals surface area contributed by atoms with Gasteiger partial charge in [-0.25, -0.2) is 19.6 Å². The maximum Gasteiger partial charge on any atom is 0.232 e. The molecule has 0 bridgehead atoms. The molecule has 1 aromatic carbocycles. The lowest BCUT2D eigenvalue weighted by molar-refractivity contribution is -0.120. The molecule has 1 aliphatic heterocycles. The quantitative estimate of drug-likeness (QED) is 0.482. The van der Waals surface area contributed by atoms with E-state index in [-0.39, 0.29) is 11.8 Å². The summed E-state index contributed by atoms with van der Waals surface area (Å²) in [5.74, 6) is 2.16. The smallest absolute Gasteiger partial charge is 0.232 e. The van der Waals surface area contributed by atoms with Crippen LogP contribution in [0.1, 0.15) is 18.3 Å². The highest BCUT2D eigenvalue weighted by Gasteiger charge is 2.34. The van der Waals surface area contributed by atoms with E-state index in [0.29, 0.717) is 24.8 Å². The Bertz CT molecular complexity index is 1290. The number of amides is 1. The molecule has 0 saturated carbocycles. The summed E-state index contributed by atoms with van der Waals surface area (Å²) in [5, 5.41) is 8.04. The van der Waals surface area contributed by atoms with E-state index >= 15 is 0 Å². The molecule has 164 valence electrons. The van der Waals surface area contributed by atoms with Crippen LogP contribution in [0.2, 0.25) is 0 Å². The Morgan fingerprint density at radius 1 is 1.19 bits per heavy atom. The van der Waals surface area contributed by atoms with Crippen LogP contribution in [0, 0.1) is 19.8 Å². The minimum Gasteiger partial charge on any atom is -0.494 e. The van der Waals surface area contributed by atoms with Crippen molar-refractivity contribution < 1.29 is 9.53 Å². The zero-order valence-corrected chi connectivity index (χ0v) is 18.9. The molecule has 9 nitrogen and oxygen atoms in total. The standard InChI is InChI=1S/C22H23N7O2S/c1-4-31-16-5-6-17-18(8-16)32-22(25-17)26-21(30)15-10-28(11-15)19-9-20(24-12-23-19)29-14(3)7-13(2)27-29/h5-9,12,15H,4,10-11H2,1-3H3,(H,25,26,30). The molecule has 1 N–H and O–H groups in total. The van der Waals surface area contributed by atoms with Gasteiger partial charge in [-0.15, -0.1) is 0 Å². The molecule has 32 heavy (non-hydrogen) atoms. The van der Waals surface area contributed by atoms with Crippen molar-refractivity contribution in [2.75, 3.05) is 29.9 Å². The number of thiazole rings is 1. The summed E-state index contributed by atoms with van der Waals surface area (Å²) in [5.41, 5.74) is 2.80. The Kier molecular flexibility index (Phi) is 5.22. The highest BCUT2D eigenvalue weighted by atomic mass is 32.1. The number of carbonyl (C=O) groups excluding carboxylic acids is 1. The van der Waals surface area contributed by atoms with E-state index in [9.17, 15) is 4.79 Å². The second kappa shape index (κ2) is 8.19. The molecule has 5 rings (SSSR count).